The first-order valence-corrected chi connectivity index (χ1v) is 7.12. The first-order valence-electron chi connectivity index (χ1n) is 7.12. The zero-order chi connectivity index (χ0) is 16.5. The Labute approximate surface area is 134 Å². The minimum atomic E-state index is -0.559. The molecule has 0 bridgehead atoms. The predicted octanol–water partition coefficient (Wildman–Crippen LogP) is 3.16. The largest absolute Gasteiger partial charge is 0.457 e. The molecule has 0 aliphatic carbocycles. The highest BCUT2D eigenvalue weighted by Gasteiger charge is 2.05. The van der Waals surface area contributed by atoms with Gasteiger partial charge in [-0.25, -0.2) is 4.79 Å². The molecule has 2 rings (SSSR count). The number of alkyl carbamates (subject to hydrolysis) is 1. The van der Waals surface area contributed by atoms with E-state index in [9.17, 15) is 9.59 Å². The quantitative estimate of drug-likeness (QED) is 0.858. The average molecular weight is 314 g/mol. The summed E-state index contributed by atoms with van der Waals surface area (Å²) in [5, 5.41) is 5.20. The highest BCUT2D eigenvalue weighted by Crippen LogP contribution is 2.23. The van der Waals surface area contributed by atoms with Gasteiger partial charge >= 0.3 is 6.09 Å². The number of methoxy groups -OCH3 is 1. The van der Waals surface area contributed by atoms with Crippen LogP contribution in [0.3, 0.4) is 0 Å². The summed E-state index contributed by atoms with van der Waals surface area (Å²) < 4.78 is 10.1. The number of nitrogens with one attached hydrogen (secondary N) is 2. The minimum Gasteiger partial charge on any atom is -0.457 e. The molecular weight excluding hydrogens is 296 g/mol. The van der Waals surface area contributed by atoms with Gasteiger partial charge in [0, 0.05) is 24.7 Å². The van der Waals surface area contributed by atoms with E-state index >= 15 is 0 Å². The number of amides is 2. The van der Waals surface area contributed by atoms with Crippen LogP contribution in [0.25, 0.3) is 0 Å². The van der Waals surface area contributed by atoms with E-state index in [4.69, 9.17) is 4.74 Å². The van der Waals surface area contributed by atoms with Crippen LogP contribution < -0.4 is 15.4 Å². The predicted molar refractivity (Wildman–Crippen MR) is 86.6 cm³/mol. The summed E-state index contributed by atoms with van der Waals surface area (Å²) >= 11 is 0. The van der Waals surface area contributed by atoms with Gasteiger partial charge < -0.3 is 20.1 Å². The summed E-state index contributed by atoms with van der Waals surface area (Å²) in [5.74, 6) is 1.14. The molecule has 23 heavy (non-hydrogen) atoms. The van der Waals surface area contributed by atoms with Crippen molar-refractivity contribution in [3.63, 3.8) is 0 Å². The fourth-order valence-electron chi connectivity index (χ4n) is 1.84. The molecule has 6 heteroatoms. The number of anilines is 1. The fourth-order valence-corrected chi connectivity index (χ4v) is 1.84. The van der Waals surface area contributed by atoms with Crippen molar-refractivity contribution in [2.75, 3.05) is 19.0 Å². The van der Waals surface area contributed by atoms with E-state index in [1.54, 1.807) is 18.2 Å². The monoisotopic (exact) mass is 314 g/mol. The molecule has 0 spiro atoms. The Morgan fingerprint density at radius 3 is 2.48 bits per heavy atom. The first kappa shape index (κ1) is 16.4. The van der Waals surface area contributed by atoms with Crippen LogP contribution in [0.1, 0.15) is 6.42 Å². The van der Waals surface area contributed by atoms with Crippen LogP contribution in [0.4, 0.5) is 10.5 Å². The Morgan fingerprint density at radius 1 is 1.00 bits per heavy atom. The Balaban J connectivity index is 1.87. The summed E-state index contributed by atoms with van der Waals surface area (Å²) in [6.07, 6.45) is -0.408. The second-order valence-electron chi connectivity index (χ2n) is 4.66. The smallest absolute Gasteiger partial charge is 0.406 e. The highest BCUT2D eigenvalue weighted by molar-refractivity contribution is 5.91. The molecule has 0 radical (unpaired) electrons. The van der Waals surface area contributed by atoms with Crippen molar-refractivity contribution in [1.29, 1.82) is 0 Å². The number of para-hydroxylation sites is 1. The third-order valence-corrected chi connectivity index (χ3v) is 2.90. The Bertz CT molecular complexity index is 659. The van der Waals surface area contributed by atoms with Gasteiger partial charge in [-0.05, 0) is 24.3 Å². The Kier molecular flexibility index (Phi) is 5.99. The molecule has 2 N–H and O–H groups in total. The fraction of sp³-hybridized carbons (Fsp3) is 0.176. The van der Waals surface area contributed by atoms with Crippen LogP contribution in [0, 0.1) is 0 Å². The average Bonchev–Trinajstić information content (AvgIpc) is 2.56. The lowest BCUT2D eigenvalue weighted by atomic mass is 10.3. The van der Waals surface area contributed by atoms with E-state index in [1.165, 1.54) is 7.11 Å². The van der Waals surface area contributed by atoms with Gasteiger partial charge in [-0.15, -0.1) is 0 Å². The van der Waals surface area contributed by atoms with Crippen molar-refractivity contribution in [1.82, 2.24) is 5.32 Å². The van der Waals surface area contributed by atoms with Crippen molar-refractivity contribution in [2.24, 2.45) is 0 Å². The summed E-state index contributed by atoms with van der Waals surface area (Å²) in [7, 11) is 1.27. The van der Waals surface area contributed by atoms with Crippen LogP contribution in [-0.4, -0.2) is 25.7 Å². The number of hydrogen-bond acceptors (Lipinski definition) is 4. The van der Waals surface area contributed by atoms with Gasteiger partial charge in [-0.1, -0.05) is 24.3 Å². The van der Waals surface area contributed by atoms with Crippen molar-refractivity contribution >= 4 is 17.7 Å². The normalized spacial score (nSPS) is 9.78. The number of benzene rings is 2. The van der Waals surface area contributed by atoms with Gasteiger partial charge in [0.15, 0.2) is 0 Å². The Morgan fingerprint density at radius 2 is 1.74 bits per heavy atom. The molecule has 0 atom stereocenters. The van der Waals surface area contributed by atoms with Crippen molar-refractivity contribution < 1.29 is 19.1 Å². The molecule has 6 nitrogen and oxygen atoms in total. The number of hydrogen-bond donors (Lipinski definition) is 2. The maximum atomic E-state index is 11.8. The number of ether oxygens (including phenoxy) is 2. The van der Waals surface area contributed by atoms with Gasteiger partial charge in [0.25, 0.3) is 0 Å². The number of carbonyl (C=O) groups excluding carboxylic acids is 2. The maximum Gasteiger partial charge on any atom is 0.406 e. The summed E-state index contributed by atoms with van der Waals surface area (Å²) in [6, 6.07) is 16.5. The maximum absolute atomic E-state index is 11.8. The molecule has 0 aromatic heterocycles. The van der Waals surface area contributed by atoms with E-state index < -0.39 is 6.09 Å². The summed E-state index contributed by atoms with van der Waals surface area (Å²) in [4.78, 5) is 22.7. The van der Waals surface area contributed by atoms with E-state index in [0.717, 1.165) is 5.75 Å². The molecule has 0 saturated carbocycles. The lowest BCUT2D eigenvalue weighted by molar-refractivity contribution is -0.116. The van der Waals surface area contributed by atoms with Crippen LogP contribution in [0.5, 0.6) is 11.5 Å². The molecule has 120 valence electrons. The molecule has 2 aromatic carbocycles. The Hall–Kier alpha value is -3.02. The van der Waals surface area contributed by atoms with Gasteiger partial charge in [0.05, 0.1) is 7.11 Å². The lowest BCUT2D eigenvalue weighted by Gasteiger charge is -2.09. The molecule has 0 heterocycles. The molecule has 0 unspecified atom stereocenters. The third kappa shape index (κ3) is 5.70. The van der Waals surface area contributed by atoms with Gasteiger partial charge in [-0.3, -0.25) is 4.79 Å². The van der Waals surface area contributed by atoms with Crippen LogP contribution in [0.2, 0.25) is 0 Å². The van der Waals surface area contributed by atoms with E-state index in [1.807, 2.05) is 36.4 Å². The van der Waals surface area contributed by atoms with E-state index in [0.29, 0.717) is 11.4 Å². The van der Waals surface area contributed by atoms with Crippen LogP contribution in [0.15, 0.2) is 54.6 Å². The molecule has 2 amide bonds. The topological polar surface area (TPSA) is 76.7 Å². The molecule has 0 aliphatic heterocycles. The van der Waals surface area contributed by atoms with Crippen molar-refractivity contribution in [3.05, 3.63) is 54.6 Å². The zero-order valence-corrected chi connectivity index (χ0v) is 12.7. The summed E-state index contributed by atoms with van der Waals surface area (Å²) in [5.41, 5.74) is 0.626. The second-order valence-corrected chi connectivity index (χ2v) is 4.66. The molecule has 0 aliphatic rings. The third-order valence-electron chi connectivity index (χ3n) is 2.90. The number of carbonyl (C=O) groups is 2. The van der Waals surface area contributed by atoms with Crippen LogP contribution in [-0.2, 0) is 9.53 Å². The van der Waals surface area contributed by atoms with Crippen molar-refractivity contribution in [2.45, 2.75) is 6.42 Å². The van der Waals surface area contributed by atoms with Gasteiger partial charge in [0.1, 0.15) is 11.5 Å². The minimum absolute atomic E-state index is 0.152. The van der Waals surface area contributed by atoms with E-state index in [-0.39, 0.29) is 18.9 Å². The zero-order valence-electron chi connectivity index (χ0n) is 12.7. The van der Waals surface area contributed by atoms with E-state index in [2.05, 4.69) is 15.4 Å². The number of rotatable bonds is 6. The first-order chi connectivity index (χ1) is 11.2. The van der Waals surface area contributed by atoms with Gasteiger partial charge in [-0.2, -0.15) is 0 Å². The lowest BCUT2D eigenvalue weighted by Crippen LogP contribution is -2.27. The SMILES string of the molecule is COC(=O)NCCC(=O)Nc1cccc(Oc2ccccc2)c1. The molecule has 2 aromatic rings. The standard InChI is InChI=1S/C17H18N2O4/c1-22-17(21)18-11-10-16(20)19-13-6-5-9-15(12-13)23-14-7-3-2-4-8-14/h2-9,12H,10-11H2,1H3,(H,18,21)(H,19,20). The molecule has 0 fully saturated rings. The molecular formula is C17H18N2O4. The second kappa shape index (κ2) is 8.43. The highest BCUT2D eigenvalue weighted by atomic mass is 16.5. The van der Waals surface area contributed by atoms with Crippen molar-refractivity contribution in [3.8, 4) is 11.5 Å². The summed E-state index contributed by atoms with van der Waals surface area (Å²) in [6.45, 7) is 0.207. The van der Waals surface area contributed by atoms with Gasteiger partial charge in [0.2, 0.25) is 5.91 Å². The van der Waals surface area contributed by atoms with Crippen LogP contribution >= 0.6 is 0 Å². The molecule has 0 saturated heterocycles.